The molecule has 1 amide bonds. The highest BCUT2D eigenvalue weighted by Crippen LogP contribution is 2.26. The van der Waals surface area contributed by atoms with E-state index in [0.29, 0.717) is 6.42 Å². The van der Waals surface area contributed by atoms with Gasteiger partial charge in [0, 0.05) is 4.88 Å². The van der Waals surface area contributed by atoms with Crippen LogP contribution in [-0.2, 0) is 4.79 Å². The summed E-state index contributed by atoms with van der Waals surface area (Å²) in [7, 11) is 0. The number of benzene rings is 1. The summed E-state index contributed by atoms with van der Waals surface area (Å²) in [5, 5.41) is 4.87. The highest BCUT2D eigenvalue weighted by Gasteiger charge is 2.20. The number of amides is 1. The van der Waals surface area contributed by atoms with Gasteiger partial charge in [-0.3, -0.25) is 4.79 Å². The third-order valence-electron chi connectivity index (χ3n) is 3.09. The van der Waals surface area contributed by atoms with Crippen LogP contribution in [-0.4, -0.2) is 11.9 Å². The number of hydrogen-bond donors (Lipinski definition) is 2. The predicted octanol–water partition coefficient (Wildman–Crippen LogP) is 2.83. The van der Waals surface area contributed by atoms with Crippen LogP contribution in [0.2, 0.25) is 0 Å². The summed E-state index contributed by atoms with van der Waals surface area (Å²) in [6.45, 7) is 1.86. The first-order valence-electron chi connectivity index (χ1n) is 6.46. The van der Waals surface area contributed by atoms with Crippen molar-refractivity contribution in [1.29, 1.82) is 0 Å². The van der Waals surface area contributed by atoms with Crippen LogP contribution in [0.25, 0.3) is 0 Å². The summed E-state index contributed by atoms with van der Waals surface area (Å²) in [5.74, 6) is -0.495. The molecular weight excluding hydrogens is 275 g/mol. The Morgan fingerprint density at radius 1 is 1.35 bits per heavy atom. The van der Waals surface area contributed by atoms with Crippen LogP contribution in [0.5, 0.6) is 0 Å². The summed E-state index contributed by atoms with van der Waals surface area (Å²) in [5.41, 5.74) is 6.59. The van der Waals surface area contributed by atoms with Gasteiger partial charge in [-0.25, -0.2) is 4.39 Å². The van der Waals surface area contributed by atoms with Crippen molar-refractivity contribution >= 4 is 17.2 Å². The number of nitrogens with one attached hydrogen (secondary N) is 1. The third kappa shape index (κ3) is 3.43. The van der Waals surface area contributed by atoms with Gasteiger partial charge in [-0.15, -0.1) is 11.3 Å². The molecule has 0 saturated carbocycles. The molecular formula is C15H17FN2OS. The maximum absolute atomic E-state index is 13.0. The van der Waals surface area contributed by atoms with Crippen LogP contribution < -0.4 is 11.1 Å². The highest BCUT2D eigenvalue weighted by atomic mass is 32.1. The lowest BCUT2D eigenvalue weighted by atomic mass is 10.0. The van der Waals surface area contributed by atoms with Crippen LogP contribution in [0.3, 0.4) is 0 Å². The van der Waals surface area contributed by atoms with E-state index in [-0.39, 0.29) is 17.8 Å². The van der Waals surface area contributed by atoms with Gasteiger partial charge in [0.2, 0.25) is 5.91 Å². The number of halogens is 1. The Hall–Kier alpha value is -1.72. The topological polar surface area (TPSA) is 55.1 Å². The maximum atomic E-state index is 13.0. The molecule has 0 spiro atoms. The van der Waals surface area contributed by atoms with E-state index < -0.39 is 6.04 Å². The second-order valence-electron chi connectivity index (χ2n) is 4.52. The molecule has 0 radical (unpaired) electrons. The van der Waals surface area contributed by atoms with Gasteiger partial charge in [0.1, 0.15) is 5.82 Å². The molecule has 0 aliphatic rings. The fraction of sp³-hybridized carbons (Fsp3) is 0.267. The van der Waals surface area contributed by atoms with Crippen molar-refractivity contribution < 1.29 is 9.18 Å². The SMILES string of the molecule is CCC(N)C(=O)NC(c1ccc(F)cc1)c1cccs1. The van der Waals surface area contributed by atoms with Crippen molar-refractivity contribution in [1.82, 2.24) is 5.32 Å². The van der Waals surface area contributed by atoms with Gasteiger partial charge in [-0.2, -0.15) is 0 Å². The first kappa shape index (κ1) is 14.7. The molecule has 0 fully saturated rings. The molecule has 0 aliphatic heterocycles. The van der Waals surface area contributed by atoms with Crippen LogP contribution in [0.15, 0.2) is 41.8 Å². The van der Waals surface area contributed by atoms with Crippen molar-refractivity contribution in [2.24, 2.45) is 5.73 Å². The number of hydrogen-bond acceptors (Lipinski definition) is 3. The molecule has 0 saturated heterocycles. The number of carbonyl (C=O) groups is 1. The van der Waals surface area contributed by atoms with E-state index in [1.807, 2.05) is 24.4 Å². The zero-order valence-electron chi connectivity index (χ0n) is 11.2. The molecule has 1 aromatic carbocycles. The van der Waals surface area contributed by atoms with E-state index in [9.17, 15) is 9.18 Å². The molecule has 2 atom stereocenters. The Balaban J connectivity index is 2.26. The second-order valence-corrected chi connectivity index (χ2v) is 5.50. The van der Waals surface area contributed by atoms with Crippen LogP contribution >= 0.6 is 11.3 Å². The molecule has 2 rings (SSSR count). The molecule has 106 valence electrons. The van der Waals surface area contributed by atoms with Crippen molar-refractivity contribution in [3.8, 4) is 0 Å². The van der Waals surface area contributed by atoms with Gasteiger partial charge in [0.05, 0.1) is 12.1 Å². The largest absolute Gasteiger partial charge is 0.343 e. The molecule has 2 aromatic rings. The van der Waals surface area contributed by atoms with Crippen molar-refractivity contribution in [2.45, 2.75) is 25.4 Å². The smallest absolute Gasteiger partial charge is 0.237 e. The lowest BCUT2D eigenvalue weighted by Gasteiger charge is -2.20. The van der Waals surface area contributed by atoms with Gasteiger partial charge in [-0.1, -0.05) is 25.1 Å². The van der Waals surface area contributed by atoms with E-state index in [4.69, 9.17) is 5.73 Å². The first-order valence-corrected chi connectivity index (χ1v) is 7.34. The van der Waals surface area contributed by atoms with E-state index in [0.717, 1.165) is 10.4 Å². The van der Waals surface area contributed by atoms with E-state index >= 15 is 0 Å². The summed E-state index contributed by atoms with van der Waals surface area (Å²) < 4.78 is 13.0. The van der Waals surface area contributed by atoms with E-state index in [1.165, 1.54) is 12.1 Å². The summed E-state index contributed by atoms with van der Waals surface area (Å²) >= 11 is 1.54. The minimum Gasteiger partial charge on any atom is -0.343 e. The average Bonchev–Trinajstić information content (AvgIpc) is 2.98. The van der Waals surface area contributed by atoms with Crippen molar-refractivity contribution in [3.05, 3.63) is 58.0 Å². The van der Waals surface area contributed by atoms with Gasteiger partial charge >= 0.3 is 0 Å². The molecule has 3 N–H and O–H groups in total. The molecule has 3 nitrogen and oxygen atoms in total. The lowest BCUT2D eigenvalue weighted by molar-refractivity contribution is -0.122. The Labute approximate surface area is 121 Å². The Kier molecular flexibility index (Phi) is 4.87. The van der Waals surface area contributed by atoms with Crippen LogP contribution in [0.4, 0.5) is 4.39 Å². The lowest BCUT2D eigenvalue weighted by Crippen LogP contribution is -2.41. The normalized spacial score (nSPS) is 13.8. The minimum absolute atomic E-state index is 0.199. The van der Waals surface area contributed by atoms with E-state index in [2.05, 4.69) is 5.32 Å². The molecule has 2 unspecified atom stereocenters. The van der Waals surface area contributed by atoms with Crippen LogP contribution in [0.1, 0.15) is 29.8 Å². The fourth-order valence-electron chi connectivity index (χ4n) is 1.86. The number of rotatable bonds is 5. The monoisotopic (exact) mass is 292 g/mol. The number of carbonyl (C=O) groups excluding carboxylic acids is 1. The van der Waals surface area contributed by atoms with Crippen molar-refractivity contribution in [3.63, 3.8) is 0 Å². The first-order chi connectivity index (χ1) is 9.61. The highest BCUT2D eigenvalue weighted by molar-refractivity contribution is 7.10. The molecule has 0 bridgehead atoms. The molecule has 20 heavy (non-hydrogen) atoms. The number of nitrogens with two attached hydrogens (primary N) is 1. The maximum Gasteiger partial charge on any atom is 0.237 e. The molecule has 1 aromatic heterocycles. The number of thiophene rings is 1. The third-order valence-corrected chi connectivity index (χ3v) is 4.03. The van der Waals surface area contributed by atoms with Crippen LogP contribution in [0, 0.1) is 5.82 Å². The Morgan fingerprint density at radius 2 is 2.05 bits per heavy atom. The van der Waals surface area contributed by atoms with E-state index in [1.54, 1.807) is 23.5 Å². The van der Waals surface area contributed by atoms with Gasteiger partial charge in [0.15, 0.2) is 0 Å². The predicted molar refractivity (Wildman–Crippen MR) is 79.0 cm³/mol. The Morgan fingerprint density at radius 3 is 2.60 bits per heavy atom. The standard InChI is InChI=1S/C15H17FN2OS/c1-2-12(17)15(19)18-14(13-4-3-9-20-13)10-5-7-11(16)8-6-10/h3-9,12,14H,2,17H2,1H3,(H,18,19). The molecule has 1 heterocycles. The van der Waals surface area contributed by atoms with Crippen molar-refractivity contribution in [2.75, 3.05) is 0 Å². The average molecular weight is 292 g/mol. The zero-order chi connectivity index (χ0) is 14.5. The van der Waals surface area contributed by atoms with Gasteiger partial charge in [0.25, 0.3) is 0 Å². The summed E-state index contributed by atoms with van der Waals surface area (Å²) in [4.78, 5) is 13.0. The second kappa shape index (κ2) is 6.63. The molecule has 0 aliphatic carbocycles. The quantitative estimate of drug-likeness (QED) is 0.890. The molecule has 5 heteroatoms. The summed E-state index contributed by atoms with van der Waals surface area (Å²) in [6.07, 6.45) is 0.576. The van der Waals surface area contributed by atoms with Gasteiger partial charge < -0.3 is 11.1 Å². The minimum atomic E-state index is -0.530. The van der Waals surface area contributed by atoms with Gasteiger partial charge in [-0.05, 0) is 35.6 Å². The zero-order valence-corrected chi connectivity index (χ0v) is 12.0. The Bertz CT molecular complexity index is 554. The fourth-order valence-corrected chi connectivity index (χ4v) is 2.67. The summed E-state index contributed by atoms with van der Waals surface area (Å²) in [6, 6.07) is 9.18.